The SMILES string of the molecule is O=C(O)C(C1CCCCC1)N1C(=O)CSC1=S. The van der Waals surface area contributed by atoms with Crippen molar-refractivity contribution < 1.29 is 14.7 Å². The fraction of sp³-hybridized carbons (Fsp3) is 0.727. The highest BCUT2D eigenvalue weighted by Gasteiger charge is 2.41. The zero-order valence-electron chi connectivity index (χ0n) is 9.42. The Morgan fingerprint density at radius 2 is 2.06 bits per heavy atom. The van der Waals surface area contributed by atoms with Gasteiger partial charge in [0.05, 0.1) is 5.75 Å². The summed E-state index contributed by atoms with van der Waals surface area (Å²) in [6.45, 7) is 0. The van der Waals surface area contributed by atoms with Gasteiger partial charge in [-0.1, -0.05) is 43.2 Å². The average Bonchev–Trinajstić information content (AvgIpc) is 2.62. The van der Waals surface area contributed by atoms with E-state index in [4.69, 9.17) is 12.2 Å². The van der Waals surface area contributed by atoms with Crippen LogP contribution in [0.2, 0.25) is 0 Å². The van der Waals surface area contributed by atoms with E-state index in [1.54, 1.807) is 0 Å². The van der Waals surface area contributed by atoms with Crippen molar-refractivity contribution in [3.63, 3.8) is 0 Å². The molecule has 2 fully saturated rings. The molecule has 0 aromatic heterocycles. The third-order valence-corrected chi connectivity index (χ3v) is 4.80. The number of rotatable bonds is 3. The molecule has 1 saturated carbocycles. The lowest BCUT2D eigenvalue weighted by molar-refractivity contribution is -0.148. The van der Waals surface area contributed by atoms with Gasteiger partial charge in [0.15, 0.2) is 0 Å². The Morgan fingerprint density at radius 1 is 1.41 bits per heavy atom. The molecule has 0 aromatic rings. The maximum Gasteiger partial charge on any atom is 0.327 e. The minimum Gasteiger partial charge on any atom is -0.480 e. The monoisotopic (exact) mass is 273 g/mol. The van der Waals surface area contributed by atoms with Crippen molar-refractivity contribution in [3.8, 4) is 0 Å². The standard InChI is InChI=1S/C11H15NO3S2/c13-8-6-17-11(16)12(8)9(10(14)15)7-4-2-1-3-5-7/h7,9H,1-6H2,(H,14,15). The highest BCUT2D eigenvalue weighted by atomic mass is 32.2. The summed E-state index contributed by atoms with van der Waals surface area (Å²) in [7, 11) is 0. The van der Waals surface area contributed by atoms with Gasteiger partial charge >= 0.3 is 5.97 Å². The van der Waals surface area contributed by atoms with Crippen LogP contribution in [0.5, 0.6) is 0 Å². The average molecular weight is 273 g/mol. The summed E-state index contributed by atoms with van der Waals surface area (Å²) >= 11 is 6.35. The molecular formula is C11H15NO3S2. The maximum atomic E-state index is 11.7. The number of thiocarbonyl (C=S) groups is 1. The van der Waals surface area contributed by atoms with Crippen molar-refractivity contribution in [1.29, 1.82) is 0 Å². The van der Waals surface area contributed by atoms with E-state index in [0.717, 1.165) is 32.1 Å². The first kappa shape index (κ1) is 12.8. The third-order valence-electron chi connectivity index (χ3n) is 3.41. The summed E-state index contributed by atoms with van der Waals surface area (Å²) < 4.78 is 0.424. The zero-order valence-corrected chi connectivity index (χ0v) is 11.1. The molecule has 0 aromatic carbocycles. The molecule has 0 spiro atoms. The van der Waals surface area contributed by atoms with Gasteiger partial charge in [0.1, 0.15) is 10.4 Å². The van der Waals surface area contributed by atoms with E-state index >= 15 is 0 Å². The minimum atomic E-state index is -0.921. The Hall–Kier alpha value is -0.620. The van der Waals surface area contributed by atoms with Gasteiger partial charge in [0.2, 0.25) is 5.91 Å². The van der Waals surface area contributed by atoms with Gasteiger partial charge < -0.3 is 5.11 Å². The number of hydrogen-bond acceptors (Lipinski definition) is 4. The minimum absolute atomic E-state index is 0.0573. The lowest BCUT2D eigenvalue weighted by atomic mass is 9.83. The molecule has 1 unspecified atom stereocenters. The van der Waals surface area contributed by atoms with Crippen LogP contribution in [0.3, 0.4) is 0 Å². The number of carboxylic acid groups (broad SMARTS) is 1. The van der Waals surface area contributed by atoms with Crippen LogP contribution in [0.1, 0.15) is 32.1 Å². The van der Waals surface area contributed by atoms with E-state index in [9.17, 15) is 14.7 Å². The predicted octanol–water partition coefficient (Wildman–Crippen LogP) is 1.88. The Labute approximate surface area is 110 Å². The molecule has 1 saturated heterocycles. The van der Waals surface area contributed by atoms with Crippen molar-refractivity contribution in [1.82, 2.24) is 4.90 Å². The van der Waals surface area contributed by atoms with Gasteiger partial charge in [-0.25, -0.2) is 4.79 Å². The molecule has 6 heteroatoms. The van der Waals surface area contributed by atoms with E-state index in [2.05, 4.69) is 0 Å². The van der Waals surface area contributed by atoms with Crippen molar-refractivity contribution >= 4 is 40.2 Å². The maximum absolute atomic E-state index is 11.7. The van der Waals surface area contributed by atoms with Gasteiger partial charge in [-0.3, -0.25) is 9.69 Å². The van der Waals surface area contributed by atoms with Crippen LogP contribution in [0.4, 0.5) is 0 Å². The molecule has 94 valence electrons. The number of thioether (sulfide) groups is 1. The fourth-order valence-corrected chi connectivity index (χ4v) is 3.74. The van der Waals surface area contributed by atoms with Gasteiger partial charge in [-0.05, 0) is 18.8 Å². The van der Waals surface area contributed by atoms with Crippen LogP contribution in [-0.4, -0.2) is 38.0 Å². The fourth-order valence-electron chi connectivity index (χ4n) is 2.61. The Bertz CT molecular complexity index is 337. The highest BCUT2D eigenvalue weighted by Crippen LogP contribution is 2.33. The van der Waals surface area contributed by atoms with Crippen LogP contribution in [0.25, 0.3) is 0 Å². The van der Waals surface area contributed by atoms with Crippen LogP contribution >= 0.6 is 24.0 Å². The summed E-state index contributed by atoms with van der Waals surface area (Å²) in [6.07, 6.45) is 5.03. The molecule has 1 N–H and O–H groups in total. The second-order valence-corrected chi connectivity index (χ2v) is 6.11. The Balaban J connectivity index is 2.18. The van der Waals surface area contributed by atoms with Crippen LogP contribution in [0.15, 0.2) is 0 Å². The van der Waals surface area contributed by atoms with Crippen molar-refractivity contribution in [2.75, 3.05) is 5.75 Å². The van der Waals surface area contributed by atoms with Crippen molar-refractivity contribution in [2.24, 2.45) is 5.92 Å². The highest BCUT2D eigenvalue weighted by molar-refractivity contribution is 8.23. The molecule has 4 nitrogen and oxygen atoms in total. The van der Waals surface area contributed by atoms with Gasteiger partial charge in [-0.2, -0.15) is 0 Å². The number of amides is 1. The molecule has 1 aliphatic carbocycles. The van der Waals surface area contributed by atoms with Crippen LogP contribution in [0, 0.1) is 5.92 Å². The number of carbonyl (C=O) groups excluding carboxylic acids is 1. The molecule has 1 heterocycles. The van der Waals surface area contributed by atoms with Gasteiger partial charge in [-0.15, -0.1) is 0 Å². The summed E-state index contributed by atoms with van der Waals surface area (Å²) in [4.78, 5) is 24.5. The molecule has 0 bridgehead atoms. The third kappa shape index (κ3) is 2.63. The predicted molar refractivity (Wildman–Crippen MR) is 69.9 cm³/mol. The van der Waals surface area contributed by atoms with E-state index in [1.165, 1.54) is 16.7 Å². The molecule has 1 amide bonds. The van der Waals surface area contributed by atoms with Crippen molar-refractivity contribution in [3.05, 3.63) is 0 Å². The largest absolute Gasteiger partial charge is 0.480 e. The molecule has 1 aliphatic heterocycles. The number of carboxylic acids is 1. The van der Waals surface area contributed by atoms with E-state index in [-0.39, 0.29) is 17.6 Å². The van der Waals surface area contributed by atoms with E-state index < -0.39 is 12.0 Å². The summed E-state index contributed by atoms with van der Waals surface area (Å²) in [5.74, 6) is -0.732. The van der Waals surface area contributed by atoms with E-state index in [0.29, 0.717) is 4.32 Å². The lowest BCUT2D eigenvalue weighted by Gasteiger charge is -2.33. The number of nitrogens with zero attached hydrogens (tertiary/aromatic N) is 1. The summed E-state index contributed by atoms with van der Waals surface area (Å²) in [5, 5.41) is 9.36. The van der Waals surface area contributed by atoms with E-state index in [1.807, 2.05) is 0 Å². The van der Waals surface area contributed by atoms with Crippen molar-refractivity contribution in [2.45, 2.75) is 38.1 Å². The molecular weight excluding hydrogens is 258 g/mol. The van der Waals surface area contributed by atoms with Gasteiger partial charge in [0, 0.05) is 0 Å². The number of carbonyl (C=O) groups is 2. The number of aliphatic carboxylic acids is 1. The summed E-state index contributed by atoms with van der Waals surface area (Å²) in [6, 6.07) is -0.745. The van der Waals surface area contributed by atoms with Crippen LogP contribution in [-0.2, 0) is 9.59 Å². The smallest absolute Gasteiger partial charge is 0.327 e. The second-order valence-electron chi connectivity index (χ2n) is 4.50. The zero-order chi connectivity index (χ0) is 12.4. The molecule has 0 radical (unpaired) electrons. The lowest BCUT2D eigenvalue weighted by Crippen LogP contribution is -2.49. The normalized spacial score (nSPS) is 24.1. The quantitative estimate of drug-likeness (QED) is 0.796. The molecule has 1 atom stereocenters. The van der Waals surface area contributed by atoms with Gasteiger partial charge in [0.25, 0.3) is 0 Å². The summed E-state index contributed by atoms with van der Waals surface area (Å²) in [5.41, 5.74) is 0. The second kappa shape index (κ2) is 5.35. The Morgan fingerprint density at radius 3 is 2.53 bits per heavy atom. The molecule has 2 rings (SSSR count). The molecule has 17 heavy (non-hydrogen) atoms. The van der Waals surface area contributed by atoms with Crippen LogP contribution < -0.4 is 0 Å². The first-order valence-electron chi connectivity index (χ1n) is 5.83. The first-order chi connectivity index (χ1) is 8.11. The number of hydrogen-bond donors (Lipinski definition) is 1. The molecule has 2 aliphatic rings. The Kier molecular flexibility index (Phi) is 4.04. The topological polar surface area (TPSA) is 57.6 Å². The first-order valence-corrected chi connectivity index (χ1v) is 7.22.